The van der Waals surface area contributed by atoms with Gasteiger partial charge in [-0.25, -0.2) is 14.4 Å². The highest BCUT2D eigenvalue weighted by molar-refractivity contribution is 6.66. The number of carboxylic acids is 1. The number of hydroxylamine groups is 2. The van der Waals surface area contributed by atoms with Crippen LogP contribution in [0.15, 0.2) is 42.5 Å². The molecular weight excluding hydrogens is 665 g/mol. The summed E-state index contributed by atoms with van der Waals surface area (Å²) < 4.78 is 8.05. The Morgan fingerprint density at radius 1 is 1.02 bits per heavy atom. The van der Waals surface area contributed by atoms with Gasteiger partial charge in [0.25, 0.3) is 0 Å². The number of amides is 2. The Bertz CT molecular complexity index is 1260. The quantitative estimate of drug-likeness (QED) is 0.241. The number of aliphatic carboxylic acids is 1. The van der Waals surface area contributed by atoms with Crippen molar-refractivity contribution in [2.24, 2.45) is 0 Å². The lowest BCUT2D eigenvalue weighted by molar-refractivity contribution is -0.191. The van der Waals surface area contributed by atoms with Crippen molar-refractivity contribution in [3.05, 3.63) is 68.7 Å². The average Bonchev–Trinajstić information content (AvgIpc) is 2.82. The molecule has 1 saturated heterocycles. The molecule has 0 aromatic heterocycles. The Hall–Kier alpha value is -1.85. The van der Waals surface area contributed by atoms with Crippen molar-refractivity contribution in [1.29, 1.82) is 0 Å². The van der Waals surface area contributed by atoms with E-state index in [2.05, 4.69) is 0 Å². The molecule has 15 heteroatoms. The highest BCUT2D eigenvalue weighted by Gasteiger charge is 2.56. The van der Waals surface area contributed by atoms with Crippen molar-refractivity contribution in [1.82, 2.24) is 9.96 Å². The van der Waals surface area contributed by atoms with Gasteiger partial charge in [0.15, 0.2) is 5.54 Å². The fourth-order valence-electron chi connectivity index (χ4n) is 4.40. The van der Waals surface area contributed by atoms with Crippen molar-refractivity contribution in [3.8, 4) is 0 Å². The van der Waals surface area contributed by atoms with E-state index in [9.17, 15) is 19.5 Å². The monoisotopic (exact) mass is 688 g/mol. The van der Waals surface area contributed by atoms with Crippen LogP contribution >= 0.6 is 69.6 Å². The number of carboxylic acid groups (broad SMARTS) is 1. The number of benzene rings is 2. The van der Waals surface area contributed by atoms with Gasteiger partial charge in [0.05, 0.1) is 6.04 Å². The summed E-state index contributed by atoms with van der Waals surface area (Å²) in [6, 6.07) is 10.5. The molecule has 2 aromatic rings. The van der Waals surface area contributed by atoms with Crippen molar-refractivity contribution >= 4 is 87.8 Å². The number of alkyl halides is 3. The number of ether oxygens (including phenoxy) is 2. The van der Waals surface area contributed by atoms with Crippen LogP contribution in [-0.2, 0) is 31.3 Å². The molecule has 2 atom stereocenters. The lowest BCUT2D eigenvalue weighted by Gasteiger charge is -2.48. The third-order valence-electron chi connectivity index (χ3n) is 6.01. The third kappa shape index (κ3) is 8.38. The SMILES string of the molecule is CC(C)(C)OC(=O)N1C[C@H](N(OCc2ccccc2)C(=O)OC(Cl)(Cl)Cl)CC[C@@]1(C(=O)O)c1c(Cl)cc(Cl)cc1Cl. The van der Waals surface area contributed by atoms with Crippen LogP contribution < -0.4 is 0 Å². The van der Waals surface area contributed by atoms with Crippen LogP contribution in [0.4, 0.5) is 9.59 Å². The summed E-state index contributed by atoms with van der Waals surface area (Å²) in [6.07, 6.45) is -2.51. The molecule has 3 rings (SSSR count). The normalized spacial score (nSPS) is 19.4. The van der Waals surface area contributed by atoms with Crippen molar-refractivity contribution in [2.45, 2.75) is 61.4 Å². The molecule has 0 unspecified atom stereocenters. The number of hydrogen-bond acceptors (Lipinski definition) is 6. The van der Waals surface area contributed by atoms with Gasteiger partial charge in [-0.05, 0) is 86.1 Å². The first-order valence-corrected chi connectivity index (χ1v) is 14.4. The van der Waals surface area contributed by atoms with Crippen LogP contribution in [0.3, 0.4) is 0 Å². The Kier molecular flexibility index (Phi) is 10.8. The molecule has 1 heterocycles. The van der Waals surface area contributed by atoms with Crippen LogP contribution in [0.25, 0.3) is 0 Å². The summed E-state index contributed by atoms with van der Waals surface area (Å²) in [7, 11) is 0. The van der Waals surface area contributed by atoms with Gasteiger partial charge >= 0.3 is 22.1 Å². The minimum absolute atomic E-state index is 0.0371. The molecule has 224 valence electrons. The lowest BCUT2D eigenvalue weighted by Crippen LogP contribution is -2.63. The maximum Gasteiger partial charge on any atom is 0.437 e. The summed E-state index contributed by atoms with van der Waals surface area (Å²) >= 11 is 36.1. The lowest BCUT2D eigenvalue weighted by atomic mass is 9.79. The van der Waals surface area contributed by atoms with Crippen molar-refractivity contribution in [2.75, 3.05) is 6.54 Å². The highest BCUT2D eigenvalue weighted by atomic mass is 35.6. The molecule has 0 saturated carbocycles. The molecular formula is C26H26Cl6N2O7. The van der Waals surface area contributed by atoms with Gasteiger partial charge in [-0.15, -0.1) is 0 Å². The highest BCUT2D eigenvalue weighted by Crippen LogP contribution is 2.47. The molecule has 0 spiro atoms. The Morgan fingerprint density at radius 3 is 2.12 bits per heavy atom. The van der Waals surface area contributed by atoms with Crippen molar-refractivity contribution < 1.29 is 33.8 Å². The Morgan fingerprint density at radius 2 is 1.61 bits per heavy atom. The molecule has 9 nitrogen and oxygen atoms in total. The van der Waals surface area contributed by atoms with Gasteiger partial charge in [0.1, 0.15) is 12.2 Å². The van der Waals surface area contributed by atoms with Gasteiger partial charge < -0.3 is 14.6 Å². The fraction of sp³-hybridized carbons (Fsp3) is 0.423. The van der Waals surface area contributed by atoms with E-state index in [4.69, 9.17) is 83.9 Å². The van der Waals surface area contributed by atoms with Crippen molar-refractivity contribution in [3.63, 3.8) is 0 Å². The number of carbonyl (C=O) groups is 3. The second-order valence-corrected chi connectivity index (χ2v) is 13.5. The first-order chi connectivity index (χ1) is 18.9. The molecule has 2 aromatic carbocycles. The molecule has 1 N–H and O–H groups in total. The van der Waals surface area contributed by atoms with E-state index in [0.29, 0.717) is 5.56 Å². The summed E-state index contributed by atoms with van der Waals surface area (Å²) in [4.78, 5) is 46.5. The van der Waals surface area contributed by atoms with E-state index in [1.807, 2.05) is 0 Å². The average molecular weight is 691 g/mol. The minimum Gasteiger partial charge on any atom is -0.479 e. The third-order valence-corrected chi connectivity index (χ3v) is 7.06. The van der Waals surface area contributed by atoms with E-state index in [1.54, 1.807) is 51.1 Å². The van der Waals surface area contributed by atoms with E-state index in [-0.39, 0.29) is 40.1 Å². The van der Waals surface area contributed by atoms with Crippen LogP contribution in [-0.4, -0.2) is 55.4 Å². The fourth-order valence-corrected chi connectivity index (χ4v) is 5.73. The van der Waals surface area contributed by atoms with E-state index >= 15 is 0 Å². The van der Waals surface area contributed by atoms with Gasteiger partial charge in [-0.3, -0.25) is 9.74 Å². The Labute approximate surface area is 267 Å². The van der Waals surface area contributed by atoms with Gasteiger partial charge in [0.2, 0.25) is 0 Å². The molecule has 41 heavy (non-hydrogen) atoms. The number of carbonyl (C=O) groups excluding carboxylic acids is 2. The summed E-state index contributed by atoms with van der Waals surface area (Å²) in [5, 5.41) is 11.4. The van der Waals surface area contributed by atoms with Gasteiger partial charge in [-0.1, -0.05) is 65.1 Å². The molecule has 1 aliphatic rings. The minimum atomic E-state index is -2.43. The summed E-state index contributed by atoms with van der Waals surface area (Å²) in [5.41, 5.74) is -2.50. The zero-order valence-corrected chi connectivity index (χ0v) is 26.5. The number of hydrogen-bond donors (Lipinski definition) is 1. The maximum atomic E-state index is 13.6. The number of piperidine rings is 1. The van der Waals surface area contributed by atoms with Gasteiger partial charge in [-0.2, -0.15) is 5.06 Å². The largest absolute Gasteiger partial charge is 0.479 e. The van der Waals surface area contributed by atoms with E-state index in [1.165, 1.54) is 12.1 Å². The number of halogens is 6. The second kappa shape index (κ2) is 13.2. The first-order valence-electron chi connectivity index (χ1n) is 12.1. The molecule has 0 radical (unpaired) electrons. The molecule has 0 bridgehead atoms. The number of nitrogens with zero attached hydrogens (tertiary/aromatic N) is 2. The maximum absolute atomic E-state index is 13.6. The van der Waals surface area contributed by atoms with E-state index in [0.717, 1.165) is 9.96 Å². The number of rotatable bonds is 6. The predicted molar refractivity (Wildman–Crippen MR) is 157 cm³/mol. The van der Waals surface area contributed by atoms with Gasteiger partial charge in [0, 0.05) is 27.2 Å². The Balaban J connectivity index is 2.10. The smallest absolute Gasteiger partial charge is 0.437 e. The molecule has 1 aliphatic heterocycles. The molecule has 0 aliphatic carbocycles. The standard InChI is InChI=1S/C26H26Cl6N2O7/c1-24(2,3)40-22(37)33-13-17(9-10-25(33,21(35)36)20-18(28)11-16(27)12-19(20)29)34(23(38)41-26(30,31)32)39-14-15-7-5-4-6-8-15/h4-8,11-12,17H,9-10,13-14H2,1-3H3,(H,35,36)/t17-,25+/m1/s1. The van der Waals surface area contributed by atoms with Crippen LogP contribution in [0.5, 0.6) is 0 Å². The summed E-state index contributed by atoms with van der Waals surface area (Å²) in [5.74, 6) is -1.44. The molecule has 2 amide bonds. The van der Waals surface area contributed by atoms with E-state index < -0.39 is 45.9 Å². The topological polar surface area (TPSA) is 106 Å². The van der Waals surface area contributed by atoms with Crippen LogP contribution in [0, 0.1) is 0 Å². The van der Waals surface area contributed by atoms with Crippen LogP contribution in [0.2, 0.25) is 15.1 Å². The zero-order chi connectivity index (χ0) is 30.8. The molecule has 1 fully saturated rings. The number of likely N-dealkylation sites (tertiary alicyclic amines) is 1. The zero-order valence-electron chi connectivity index (χ0n) is 22.0. The first kappa shape index (κ1) is 33.6. The van der Waals surface area contributed by atoms with Crippen LogP contribution in [0.1, 0.15) is 44.7 Å². The second-order valence-electron chi connectivity index (χ2n) is 10.1. The predicted octanol–water partition coefficient (Wildman–Crippen LogP) is 8.22. The summed E-state index contributed by atoms with van der Waals surface area (Å²) in [6.45, 7) is 4.33.